The van der Waals surface area contributed by atoms with Crippen LogP contribution in [0.15, 0.2) is 6.07 Å². The molecule has 0 aliphatic rings. The molecule has 21 heavy (non-hydrogen) atoms. The summed E-state index contributed by atoms with van der Waals surface area (Å²) < 4.78 is 4.99. The van der Waals surface area contributed by atoms with E-state index in [0.29, 0.717) is 4.88 Å². The van der Waals surface area contributed by atoms with E-state index >= 15 is 0 Å². The summed E-state index contributed by atoms with van der Waals surface area (Å²) >= 11 is 1.44. The van der Waals surface area contributed by atoms with Crippen LogP contribution >= 0.6 is 11.3 Å². The Balaban J connectivity index is 2.52. The molecule has 1 amide bonds. The first-order valence-corrected chi connectivity index (χ1v) is 7.86. The summed E-state index contributed by atoms with van der Waals surface area (Å²) in [5, 5.41) is 10.9. The minimum absolute atomic E-state index is 0.241. The van der Waals surface area contributed by atoms with Gasteiger partial charge < -0.3 is 10.1 Å². The standard InChI is InChI=1S/C15H20N2O3S/c1-3-6-12-11(4-2)9-13(21-12)15(19)20-10-14(18)17-8-5-7-16/h9H,3-6,8,10H2,1-2H3,(H,17,18). The van der Waals surface area contributed by atoms with E-state index in [0.717, 1.165) is 19.3 Å². The van der Waals surface area contributed by atoms with Crippen molar-refractivity contribution in [2.24, 2.45) is 0 Å². The third-order valence-corrected chi connectivity index (χ3v) is 4.07. The number of aryl methyl sites for hydroxylation is 2. The van der Waals surface area contributed by atoms with Crippen LogP contribution in [0.5, 0.6) is 0 Å². The SMILES string of the molecule is CCCc1sc(C(=O)OCC(=O)NCCC#N)cc1CC. The number of carbonyl (C=O) groups is 2. The average Bonchev–Trinajstić information content (AvgIpc) is 2.88. The molecular weight excluding hydrogens is 288 g/mol. The molecule has 0 aromatic carbocycles. The zero-order valence-corrected chi connectivity index (χ0v) is 13.2. The number of esters is 1. The van der Waals surface area contributed by atoms with Crippen molar-refractivity contribution >= 4 is 23.2 Å². The Hall–Kier alpha value is -1.87. The van der Waals surface area contributed by atoms with E-state index in [9.17, 15) is 9.59 Å². The highest BCUT2D eigenvalue weighted by Gasteiger charge is 2.15. The second kappa shape index (κ2) is 9.14. The lowest BCUT2D eigenvalue weighted by Crippen LogP contribution is -2.29. The van der Waals surface area contributed by atoms with Crippen LogP contribution in [-0.2, 0) is 22.4 Å². The van der Waals surface area contributed by atoms with Gasteiger partial charge in [0, 0.05) is 11.4 Å². The summed E-state index contributed by atoms with van der Waals surface area (Å²) in [5.74, 6) is -0.855. The molecule has 1 aromatic heterocycles. The first-order chi connectivity index (χ1) is 10.1. The van der Waals surface area contributed by atoms with Gasteiger partial charge in [-0.15, -0.1) is 11.3 Å². The Morgan fingerprint density at radius 1 is 1.43 bits per heavy atom. The van der Waals surface area contributed by atoms with Gasteiger partial charge >= 0.3 is 5.97 Å². The van der Waals surface area contributed by atoms with Crippen molar-refractivity contribution < 1.29 is 14.3 Å². The third kappa shape index (κ3) is 5.56. The molecule has 0 saturated carbocycles. The van der Waals surface area contributed by atoms with E-state index in [-0.39, 0.29) is 25.5 Å². The van der Waals surface area contributed by atoms with Gasteiger partial charge in [-0.05, 0) is 24.5 Å². The molecule has 1 aromatic rings. The number of hydrogen-bond donors (Lipinski definition) is 1. The Kier molecular flexibility index (Phi) is 7.48. The van der Waals surface area contributed by atoms with Gasteiger partial charge in [0.25, 0.3) is 5.91 Å². The van der Waals surface area contributed by atoms with Gasteiger partial charge in [-0.1, -0.05) is 20.3 Å². The van der Waals surface area contributed by atoms with Crippen molar-refractivity contribution in [3.63, 3.8) is 0 Å². The molecule has 0 saturated heterocycles. The van der Waals surface area contributed by atoms with Crippen molar-refractivity contribution in [2.75, 3.05) is 13.2 Å². The smallest absolute Gasteiger partial charge is 0.348 e. The predicted molar refractivity (Wildman–Crippen MR) is 81.2 cm³/mol. The van der Waals surface area contributed by atoms with Gasteiger partial charge in [0.05, 0.1) is 12.5 Å². The molecular formula is C15H20N2O3S. The van der Waals surface area contributed by atoms with Crippen molar-refractivity contribution in [2.45, 2.75) is 39.5 Å². The fourth-order valence-corrected chi connectivity index (χ4v) is 3.07. The molecule has 1 rings (SSSR count). The van der Waals surface area contributed by atoms with Gasteiger partial charge in [-0.25, -0.2) is 4.79 Å². The van der Waals surface area contributed by atoms with Crippen LogP contribution in [0.4, 0.5) is 0 Å². The molecule has 5 nitrogen and oxygen atoms in total. The van der Waals surface area contributed by atoms with Gasteiger partial charge in [-0.2, -0.15) is 5.26 Å². The Labute approximate surface area is 128 Å². The quantitative estimate of drug-likeness (QED) is 0.591. The van der Waals surface area contributed by atoms with E-state index in [4.69, 9.17) is 10.00 Å². The van der Waals surface area contributed by atoms with Crippen molar-refractivity contribution in [1.82, 2.24) is 5.32 Å². The summed E-state index contributed by atoms with van der Waals surface area (Å²) in [6.45, 7) is 4.11. The summed E-state index contributed by atoms with van der Waals surface area (Å²) in [6.07, 6.45) is 3.11. The molecule has 0 atom stereocenters. The van der Waals surface area contributed by atoms with Crippen LogP contribution < -0.4 is 5.32 Å². The minimum atomic E-state index is -0.465. The highest BCUT2D eigenvalue weighted by Crippen LogP contribution is 2.25. The fraction of sp³-hybridized carbons (Fsp3) is 0.533. The number of rotatable bonds is 8. The maximum atomic E-state index is 11.9. The van der Waals surface area contributed by atoms with E-state index in [1.807, 2.05) is 12.1 Å². The van der Waals surface area contributed by atoms with Crippen LogP contribution in [0.25, 0.3) is 0 Å². The Bertz CT molecular complexity index is 532. The fourth-order valence-electron chi connectivity index (χ4n) is 1.82. The van der Waals surface area contributed by atoms with Crippen molar-refractivity contribution in [1.29, 1.82) is 5.26 Å². The number of nitrogens with one attached hydrogen (secondary N) is 1. The monoisotopic (exact) mass is 308 g/mol. The zero-order chi connectivity index (χ0) is 15.7. The van der Waals surface area contributed by atoms with Crippen LogP contribution in [0.3, 0.4) is 0 Å². The van der Waals surface area contributed by atoms with E-state index in [2.05, 4.69) is 19.2 Å². The minimum Gasteiger partial charge on any atom is -0.451 e. The first-order valence-electron chi connectivity index (χ1n) is 7.04. The van der Waals surface area contributed by atoms with E-state index < -0.39 is 5.97 Å². The topological polar surface area (TPSA) is 79.2 Å². The maximum absolute atomic E-state index is 11.9. The second-order valence-corrected chi connectivity index (χ2v) is 5.63. The van der Waals surface area contributed by atoms with Crippen LogP contribution in [0.2, 0.25) is 0 Å². The molecule has 0 bridgehead atoms. The molecule has 0 aliphatic heterocycles. The average molecular weight is 308 g/mol. The summed E-state index contributed by atoms with van der Waals surface area (Å²) in [7, 11) is 0. The molecule has 0 radical (unpaired) electrons. The number of thiophene rings is 1. The molecule has 1 heterocycles. The molecule has 0 unspecified atom stereocenters. The normalized spacial score (nSPS) is 9.95. The molecule has 0 fully saturated rings. The van der Waals surface area contributed by atoms with Gasteiger partial charge in [0.15, 0.2) is 6.61 Å². The van der Waals surface area contributed by atoms with Crippen LogP contribution in [0.1, 0.15) is 46.8 Å². The lowest BCUT2D eigenvalue weighted by molar-refractivity contribution is -0.124. The number of carbonyl (C=O) groups excluding carboxylic acids is 2. The predicted octanol–water partition coefficient (Wildman–Crippen LogP) is 2.45. The number of ether oxygens (including phenoxy) is 1. The molecule has 0 spiro atoms. The van der Waals surface area contributed by atoms with Crippen molar-refractivity contribution in [3.8, 4) is 6.07 Å². The van der Waals surface area contributed by atoms with Gasteiger partial charge in [-0.3, -0.25) is 4.79 Å². The lowest BCUT2D eigenvalue weighted by Gasteiger charge is -2.03. The molecule has 6 heteroatoms. The van der Waals surface area contributed by atoms with Gasteiger partial charge in [0.1, 0.15) is 4.88 Å². The molecule has 0 aliphatic carbocycles. The third-order valence-electron chi connectivity index (χ3n) is 2.85. The largest absolute Gasteiger partial charge is 0.451 e. The molecule has 1 N–H and O–H groups in total. The van der Waals surface area contributed by atoms with E-state index in [1.165, 1.54) is 21.8 Å². The highest BCUT2D eigenvalue weighted by molar-refractivity contribution is 7.14. The summed E-state index contributed by atoms with van der Waals surface area (Å²) in [5.41, 5.74) is 1.17. The van der Waals surface area contributed by atoms with Crippen LogP contribution in [-0.4, -0.2) is 25.0 Å². The maximum Gasteiger partial charge on any atom is 0.348 e. The first kappa shape index (κ1) is 17.2. The molecule has 114 valence electrons. The van der Waals surface area contributed by atoms with Gasteiger partial charge in [0.2, 0.25) is 0 Å². The van der Waals surface area contributed by atoms with Crippen LogP contribution in [0, 0.1) is 11.3 Å². The van der Waals surface area contributed by atoms with Crippen molar-refractivity contribution in [3.05, 3.63) is 21.4 Å². The number of nitriles is 1. The summed E-state index contributed by atoms with van der Waals surface area (Å²) in [6, 6.07) is 3.77. The number of amides is 1. The summed E-state index contributed by atoms with van der Waals surface area (Å²) in [4.78, 5) is 25.1. The number of hydrogen-bond acceptors (Lipinski definition) is 5. The lowest BCUT2D eigenvalue weighted by atomic mass is 10.1. The Morgan fingerprint density at radius 3 is 2.81 bits per heavy atom. The highest BCUT2D eigenvalue weighted by atomic mass is 32.1. The number of nitrogens with zero attached hydrogens (tertiary/aromatic N) is 1. The second-order valence-electron chi connectivity index (χ2n) is 4.50. The zero-order valence-electron chi connectivity index (χ0n) is 12.4. The Morgan fingerprint density at radius 2 is 2.19 bits per heavy atom. The van der Waals surface area contributed by atoms with E-state index in [1.54, 1.807) is 0 Å².